The van der Waals surface area contributed by atoms with Gasteiger partial charge in [-0.25, -0.2) is 4.79 Å². The Morgan fingerprint density at radius 3 is 2.35 bits per heavy atom. The maximum Gasteiger partial charge on any atom is 0.320 e. The minimum atomic E-state index is -0.997. The quantitative estimate of drug-likeness (QED) is 0.473. The molecule has 0 aliphatic carbocycles. The number of carbonyl (C=O) groups excluding carboxylic acids is 2. The molecular formula is C17H20N4O4S. The van der Waals surface area contributed by atoms with Crippen LogP contribution < -0.4 is 22.5 Å². The highest BCUT2D eigenvalue weighted by atomic mass is 32.1. The van der Waals surface area contributed by atoms with E-state index in [1.54, 1.807) is 6.07 Å². The Kier molecular flexibility index (Phi) is 6.31. The molecule has 0 bridgehead atoms. The smallest absolute Gasteiger partial charge is 0.320 e. The number of urea groups is 1. The molecule has 1 heterocycles. The molecule has 0 spiro atoms. The fourth-order valence-corrected chi connectivity index (χ4v) is 3.48. The zero-order chi connectivity index (χ0) is 19.3. The summed E-state index contributed by atoms with van der Waals surface area (Å²) < 4.78 is 0. The lowest BCUT2D eigenvalue weighted by atomic mass is 10.0. The number of anilines is 1. The Morgan fingerprint density at radius 2 is 1.81 bits per heavy atom. The second kappa shape index (κ2) is 8.45. The molecule has 2 aromatic rings. The van der Waals surface area contributed by atoms with Crippen molar-refractivity contribution < 1.29 is 19.5 Å². The second-order valence-corrected chi connectivity index (χ2v) is 6.79. The number of hydrogen-bond donors (Lipinski definition) is 5. The van der Waals surface area contributed by atoms with Gasteiger partial charge in [-0.2, -0.15) is 0 Å². The highest BCUT2D eigenvalue weighted by molar-refractivity contribution is 7.20. The minimum absolute atomic E-state index is 0.204. The fourth-order valence-electron chi connectivity index (χ4n) is 2.41. The molecule has 0 aliphatic rings. The van der Waals surface area contributed by atoms with Gasteiger partial charge in [-0.05, 0) is 36.5 Å². The summed E-state index contributed by atoms with van der Waals surface area (Å²) in [7, 11) is 0. The molecular weight excluding hydrogens is 356 g/mol. The van der Waals surface area contributed by atoms with Gasteiger partial charge in [0.2, 0.25) is 0 Å². The number of rotatable bonds is 8. The first-order chi connectivity index (χ1) is 12.3. The van der Waals surface area contributed by atoms with E-state index in [0.717, 1.165) is 16.0 Å². The number of nitrogens with two attached hydrogens (primary N) is 3. The largest absolute Gasteiger partial charge is 0.480 e. The van der Waals surface area contributed by atoms with Gasteiger partial charge in [-0.15, -0.1) is 11.3 Å². The van der Waals surface area contributed by atoms with Crippen molar-refractivity contribution in [2.45, 2.75) is 25.3 Å². The molecule has 138 valence electrons. The summed E-state index contributed by atoms with van der Waals surface area (Å²) in [6.45, 7) is 0. The first kappa shape index (κ1) is 19.4. The van der Waals surface area contributed by atoms with Gasteiger partial charge < -0.3 is 22.3 Å². The van der Waals surface area contributed by atoms with Crippen LogP contribution in [0.15, 0.2) is 30.3 Å². The standard InChI is InChI=1S/C17H20N4O4S/c18-12(16(23)24)3-1-2-9-4-6-10(7-5-9)13-8-11(14(19)22)15(26-13)21-17(20)25/h4-8,12H,1-3,18H2,(H2,19,22)(H,23,24)(H3,20,21,25)/t12-/m0/s1. The topological polar surface area (TPSA) is 162 Å². The number of benzene rings is 1. The monoisotopic (exact) mass is 376 g/mol. The number of hydrogen-bond acceptors (Lipinski definition) is 5. The summed E-state index contributed by atoms with van der Waals surface area (Å²) in [5, 5.41) is 11.5. The molecule has 1 aromatic heterocycles. The van der Waals surface area contributed by atoms with Crippen molar-refractivity contribution in [2.24, 2.45) is 17.2 Å². The van der Waals surface area contributed by atoms with Crippen LogP contribution >= 0.6 is 11.3 Å². The van der Waals surface area contributed by atoms with Gasteiger partial charge in [0, 0.05) is 4.88 Å². The Balaban J connectivity index is 2.09. The lowest BCUT2D eigenvalue weighted by Crippen LogP contribution is -2.29. The van der Waals surface area contributed by atoms with Crippen molar-refractivity contribution in [1.29, 1.82) is 0 Å². The Hall–Kier alpha value is -2.91. The van der Waals surface area contributed by atoms with Crippen LogP contribution in [0.4, 0.5) is 9.80 Å². The van der Waals surface area contributed by atoms with Gasteiger partial charge in [0.1, 0.15) is 11.0 Å². The zero-order valence-electron chi connectivity index (χ0n) is 13.9. The molecule has 3 amide bonds. The van der Waals surface area contributed by atoms with Gasteiger partial charge in [0.25, 0.3) is 5.91 Å². The van der Waals surface area contributed by atoms with Crippen molar-refractivity contribution in [2.75, 3.05) is 5.32 Å². The van der Waals surface area contributed by atoms with Gasteiger partial charge in [-0.3, -0.25) is 14.9 Å². The van der Waals surface area contributed by atoms with Crippen molar-refractivity contribution >= 4 is 34.2 Å². The van der Waals surface area contributed by atoms with Crippen LogP contribution in [0.5, 0.6) is 0 Å². The summed E-state index contributed by atoms with van der Waals surface area (Å²) in [6.07, 6.45) is 1.79. The number of carboxylic acid groups (broad SMARTS) is 1. The van der Waals surface area contributed by atoms with Crippen LogP contribution in [0, 0.1) is 0 Å². The van der Waals surface area contributed by atoms with Crippen molar-refractivity contribution in [3.63, 3.8) is 0 Å². The van der Waals surface area contributed by atoms with Gasteiger partial charge in [0.05, 0.1) is 5.56 Å². The maximum atomic E-state index is 11.5. The van der Waals surface area contributed by atoms with E-state index < -0.39 is 23.9 Å². The predicted molar refractivity (Wildman–Crippen MR) is 100 cm³/mol. The summed E-state index contributed by atoms with van der Waals surface area (Å²) >= 11 is 1.21. The number of primary amides is 2. The van der Waals surface area contributed by atoms with E-state index in [-0.39, 0.29) is 5.56 Å². The SMILES string of the molecule is NC(=O)Nc1sc(-c2ccc(CCC[C@H](N)C(=O)O)cc2)cc1C(N)=O. The molecule has 0 radical (unpaired) electrons. The number of carboxylic acids is 1. The predicted octanol–water partition coefficient (Wildman–Crippen LogP) is 1.74. The Bertz CT molecular complexity index is 817. The van der Waals surface area contributed by atoms with E-state index >= 15 is 0 Å². The molecule has 26 heavy (non-hydrogen) atoms. The summed E-state index contributed by atoms with van der Waals surface area (Å²) in [5.41, 5.74) is 18.0. The molecule has 1 atom stereocenters. The Labute approximate surface area is 154 Å². The number of amides is 3. The van der Waals surface area contributed by atoms with E-state index in [9.17, 15) is 14.4 Å². The fraction of sp³-hybridized carbons (Fsp3) is 0.235. The Morgan fingerprint density at radius 1 is 1.15 bits per heavy atom. The number of aryl methyl sites for hydroxylation is 1. The van der Waals surface area contributed by atoms with Gasteiger partial charge in [0.15, 0.2) is 0 Å². The first-order valence-electron chi connectivity index (χ1n) is 7.85. The second-order valence-electron chi connectivity index (χ2n) is 5.74. The van der Waals surface area contributed by atoms with Crippen LogP contribution in [-0.2, 0) is 11.2 Å². The van der Waals surface area contributed by atoms with Gasteiger partial charge in [-0.1, -0.05) is 24.3 Å². The zero-order valence-corrected chi connectivity index (χ0v) is 14.7. The molecule has 8 N–H and O–H groups in total. The van der Waals surface area contributed by atoms with Crippen molar-refractivity contribution in [1.82, 2.24) is 0 Å². The molecule has 0 saturated carbocycles. The third-order valence-electron chi connectivity index (χ3n) is 3.77. The first-order valence-corrected chi connectivity index (χ1v) is 8.67. The molecule has 9 heteroatoms. The lowest BCUT2D eigenvalue weighted by molar-refractivity contribution is -0.138. The van der Waals surface area contributed by atoms with E-state index in [2.05, 4.69) is 5.32 Å². The third-order valence-corrected chi connectivity index (χ3v) is 4.87. The van der Waals surface area contributed by atoms with Crippen molar-refractivity contribution in [3.05, 3.63) is 41.5 Å². The lowest BCUT2D eigenvalue weighted by Gasteiger charge is -2.06. The van der Waals surface area contributed by atoms with Gasteiger partial charge >= 0.3 is 12.0 Å². The highest BCUT2D eigenvalue weighted by Gasteiger charge is 2.16. The minimum Gasteiger partial charge on any atom is -0.480 e. The summed E-state index contributed by atoms with van der Waals surface area (Å²) in [4.78, 5) is 34.0. The molecule has 0 unspecified atom stereocenters. The summed E-state index contributed by atoms with van der Waals surface area (Å²) in [5.74, 6) is -1.65. The molecule has 8 nitrogen and oxygen atoms in total. The molecule has 0 aliphatic heterocycles. The highest BCUT2D eigenvalue weighted by Crippen LogP contribution is 2.35. The molecule has 0 fully saturated rings. The van der Waals surface area contributed by atoms with Crippen molar-refractivity contribution in [3.8, 4) is 10.4 Å². The third kappa shape index (κ3) is 5.04. The number of thiophene rings is 1. The maximum absolute atomic E-state index is 11.5. The molecule has 2 rings (SSSR count). The van der Waals surface area contributed by atoms with Crippen LogP contribution in [0.1, 0.15) is 28.8 Å². The van der Waals surface area contributed by atoms with E-state index in [1.165, 1.54) is 11.3 Å². The van der Waals surface area contributed by atoms with Crippen LogP contribution in [0.3, 0.4) is 0 Å². The van der Waals surface area contributed by atoms with Crippen LogP contribution in [-0.4, -0.2) is 29.1 Å². The van der Waals surface area contributed by atoms with E-state index in [4.69, 9.17) is 22.3 Å². The number of aliphatic carboxylic acids is 1. The van der Waals surface area contributed by atoms with E-state index in [0.29, 0.717) is 24.3 Å². The number of carbonyl (C=O) groups is 3. The van der Waals surface area contributed by atoms with Crippen LogP contribution in [0.25, 0.3) is 10.4 Å². The summed E-state index contributed by atoms with van der Waals surface area (Å²) in [6, 6.07) is 7.62. The number of nitrogens with one attached hydrogen (secondary N) is 1. The van der Waals surface area contributed by atoms with E-state index in [1.807, 2.05) is 24.3 Å². The molecule has 1 aromatic carbocycles. The average molecular weight is 376 g/mol. The normalized spacial score (nSPS) is 11.7. The van der Waals surface area contributed by atoms with Crippen LogP contribution in [0.2, 0.25) is 0 Å². The average Bonchev–Trinajstić information content (AvgIpc) is 2.98. The molecule has 0 saturated heterocycles.